The van der Waals surface area contributed by atoms with Gasteiger partial charge in [-0.25, -0.2) is 9.78 Å². The summed E-state index contributed by atoms with van der Waals surface area (Å²) < 4.78 is 1.83. The van der Waals surface area contributed by atoms with E-state index in [2.05, 4.69) is 9.88 Å². The van der Waals surface area contributed by atoms with Gasteiger partial charge in [-0.05, 0) is 13.5 Å². The molecule has 1 N–H and O–H groups in total. The summed E-state index contributed by atoms with van der Waals surface area (Å²) >= 11 is 0. The Balaban J connectivity index is 2.49. The first-order valence-electron chi connectivity index (χ1n) is 5.13. The summed E-state index contributed by atoms with van der Waals surface area (Å²) in [5.74, 6) is 0.00755. The second kappa shape index (κ2) is 3.66. The van der Waals surface area contributed by atoms with E-state index < -0.39 is 5.97 Å². The number of likely N-dealkylation sites (N-methyl/N-ethyl adjacent to an activating group) is 1. The van der Waals surface area contributed by atoms with Crippen LogP contribution in [-0.2, 0) is 19.5 Å². The zero-order chi connectivity index (χ0) is 11.0. The molecule has 1 aliphatic rings. The van der Waals surface area contributed by atoms with Gasteiger partial charge in [0.15, 0.2) is 5.69 Å². The Morgan fingerprint density at radius 2 is 2.27 bits per heavy atom. The van der Waals surface area contributed by atoms with Gasteiger partial charge in [0, 0.05) is 13.1 Å². The SMILES string of the molecule is CCc1nc2n(c1C(=O)O)CCN(C)C2. The van der Waals surface area contributed by atoms with Crippen LogP contribution in [0.5, 0.6) is 0 Å². The number of carboxylic acid groups (broad SMARTS) is 1. The molecule has 0 unspecified atom stereocenters. The minimum absolute atomic E-state index is 0.376. The highest BCUT2D eigenvalue weighted by atomic mass is 16.4. The predicted molar refractivity (Wildman–Crippen MR) is 54.9 cm³/mol. The number of fused-ring (bicyclic) bond motifs is 1. The lowest BCUT2D eigenvalue weighted by Gasteiger charge is -2.23. The van der Waals surface area contributed by atoms with Crippen LogP contribution in [0.25, 0.3) is 0 Å². The molecule has 0 saturated carbocycles. The molecule has 1 aromatic heterocycles. The highest BCUT2D eigenvalue weighted by Crippen LogP contribution is 2.17. The maximum Gasteiger partial charge on any atom is 0.354 e. The third kappa shape index (κ3) is 1.63. The third-order valence-corrected chi connectivity index (χ3v) is 2.77. The van der Waals surface area contributed by atoms with E-state index in [4.69, 9.17) is 5.11 Å². The molecule has 0 amide bonds. The summed E-state index contributed by atoms with van der Waals surface area (Å²) in [6, 6.07) is 0. The first kappa shape index (κ1) is 10.2. The average Bonchev–Trinajstić information content (AvgIpc) is 2.54. The molecule has 2 rings (SSSR count). The molecular weight excluding hydrogens is 194 g/mol. The number of aromatic carboxylic acids is 1. The molecule has 0 atom stereocenters. The minimum Gasteiger partial charge on any atom is -0.477 e. The van der Waals surface area contributed by atoms with Gasteiger partial charge in [0.25, 0.3) is 0 Å². The Morgan fingerprint density at radius 3 is 2.87 bits per heavy atom. The highest BCUT2D eigenvalue weighted by Gasteiger charge is 2.24. The van der Waals surface area contributed by atoms with Crippen LogP contribution < -0.4 is 0 Å². The quantitative estimate of drug-likeness (QED) is 0.774. The topological polar surface area (TPSA) is 58.4 Å². The first-order valence-corrected chi connectivity index (χ1v) is 5.13. The predicted octanol–water partition coefficient (Wildman–Crippen LogP) is 0.589. The Labute approximate surface area is 88.3 Å². The van der Waals surface area contributed by atoms with Gasteiger partial charge >= 0.3 is 5.97 Å². The largest absolute Gasteiger partial charge is 0.477 e. The Hall–Kier alpha value is -1.36. The van der Waals surface area contributed by atoms with E-state index in [1.165, 1.54) is 0 Å². The third-order valence-electron chi connectivity index (χ3n) is 2.77. The van der Waals surface area contributed by atoms with E-state index in [1.807, 2.05) is 18.5 Å². The zero-order valence-electron chi connectivity index (χ0n) is 9.03. The Bertz CT molecular complexity index is 398. The van der Waals surface area contributed by atoms with Crippen molar-refractivity contribution in [3.05, 3.63) is 17.2 Å². The Kier molecular flexibility index (Phi) is 2.48. The molecule has 1 aromatic rings. The number of carbonyl (C=O) groups is 1. The van der Waals surface area contributed by atoms with E-state index in [0.29, 0.717) is 17.8 Å². The molecule has 5 nitrogen and oxygen atoms in total. The van der Waals surface area contributed by atoms with Gasteiger partial charge in [-0.15, -0.1) is 0 Å². The number of hydrogen-bond acceptors (Lipinski definition) is 3. The first-order chi connectivity index (χ1) is 7.13. The van der Waals surface area contributed by atoms with Crippen LogP contribution >= 0.6 is 0 Å². The zero-order valence-corrected chi connectivity index (χ0v) is 9.03. The number of imidazole rings is 1. The lowest BCUT2D eigenvalue weighted by molar-refractivity contribution is 0.0680. The van der Waals surface area contributed by atoms with Gasteiger partial charge in [-0.3, -0.25) is 4.90 Å². The van der Waals surface area contributed by atoms with Crippen molar-refractivity contribution < 1.29 is 9.90 Å². The molecule has 15 heavy (non-hydrogen) atoms. The lowest BCUT2D eigenvalue weighted by Crippen LogP contribution is -2.31. The van der Waals surface area contributed by atoms with E-state index in [0.717, 1.165) is 25.5 Å². The lowest BCUT2D eigenvalue weighted by atomic mass is 10.2. The molecule has 0 bridgehead atoms. The van der Waals surface area contributed by atoms with Crippen molar-refractivity contribution in [1.82, 2.24) is 14.5 Å². The van der Waals surface area contributed by atoms with Crippen LogP contribution in [0, 0.1) is 0 Å². The summed E-state index contributed by atoms with van der Waals surface area (Å²) in [6.07, 6.45) is 0.672. The van der Waals surface area contributed by atoms with Gasteiger partial charge < -0.3 is 9.67 Å². The Morgan fingerprint density at radius 1 is 1.53 bits per heavy atom. The number of hydrogen-bond donors (Lipinski definition) is 1. The summed E-state index contributed by atoms with van der Waals surface area (Å²) in [7, 11) is 2.02. The monoisotopic (exact) mass is 209 g/mol. The second-order valence-electron chi connectivity index (χ2n) is 3.87. The van der Waals surface area contributed by atoms with Crippen LogP contribution in [0.1, 0.15) is 28.9 Å². The van der Waals surface area contributed by atoms with Crippen LogP contribution in [0.4, 0.5) is 0 Å². The van der Waals surface area contributed by atoms with Crippen LogP contribution in [0.2, 0.25) is 0 Å². The number of rotatable bonds is 2. The maximum absolute atomic E-state index is 11.1. The van der Waals surface area contributed by atoms with Gasteiger partial charge in [0.2, 0.25) is 0 Å². The molecule has 2 heterocycles. The van der Waals surface area contributed by atoms with Crippen molar-refractivity contribution in [2.24, 2.45) is 0 Å². The molecular formula is C10H15N3O2. The van der Waals surface area contributed by atoms with Crippen molar-refractivity contribution >= 4 is 5.97 Å². The second-order valence-corrected chi connectivity index (χ2v) is 3.87. The standard InChI is InChI=1S/C10H15N3O2/c1-3-7-9(10(14)15)13-5-4-12(2)6-8(13)11-7/h3-6H2,1-2H3,(H,14,15). The smallest absolute Gasteiger partial charge is 0.354 e. The maximum atomic E-state index is 11.1. The van der Waals surface area contributed by atoms with Gasteiger partial charge in [0.1, 0.15) is 5.82 Å². The normalized spacial score (nSPS) is 16.4. The van der Waals surface area contributed by atoms with Crippen molar-refractivity contribution in [1.29, 1.82) is 0 Å². The fourth-order valence-corrected chi connectivity index (χ4v) is 1.99. The van der Waals surface area contributed by atoms with Crippen LogP contribution in [-0.4, -0.2) is 39.1 Å². The number of aryl methyl sites for hydroxylation is 1. The average molecular weight is 209 g/mol. The van der Waals surface area contributed by atoms with Crippen LogP contribution in [0.15, 0.2) is 0 Å². The molecule has 0 aliphatic carbocycles. The fraction of sp³-hybridized carbons (Fsp3) is 0.600. The van der Waals surface area contributed by atoms with Gasteiger partial charge in [0.05, 0.1) is 12.2 Å². The fourth-order valence-electron chi connectivity index (χ4n) is 1.99. The van der Waals surface area contributed by atoms with E-state index in [-0.39, 0.29) is 0 Å². The molecule has 0 saturated heterocycles. The summed E-state index contributed by atoms with van der Waals surface area (Å²) in [5.41, 5.74) is 1.08. The highest BCUT2D eigenvalue weighted by molar-refractivity contribution is 5.87. The molecule has 0 spiro atoms. The van der Waals surface area contributed by atoms with Gasteiger partial charge in [-0.2, -0.15) is 0 Å². The van der Waals surface area contributed by atoms with Crippen LogP contribution in [0.3, 0.4) is 0 Å². The number of carboxylic acids is 1. The van der Waals surface area contributed by atoms with E-state index in [1.54, 1.807) is 0 Å². The van der Waals surface area contributed by atoms with E-state index in [9.17, 15) is 4.79 Å². The number of nitrogens with zero attached hydrogens (tertiary/aromatic N) is 3. The molecule has 0 aromatic carbocycles. The number of aromatic nitrogens is 2. The van der Waals surface area contributed by atoms with E-state index >= 15 is 0 Å². The summed E-state index contributed by atoms with van der Waals surface area (Å²) in [4.78, 5) is 17.6. The summed E-state index contributed by atoms with van der Waals surface area (Å²) in [6.45, 7) is 4.28. The molecule has 82 valence electrons. The minimum atomic E-state index is -0.866. The van der Waals surface area contributed by atoms with Crippen molar-refractivity contribution in [2.45, 2.75) is 26.4 Å². The molecule has 0 radical (unpaired) electrons. The molecule has 5 heteroatoms. The summed E-state index contributed by atoms with van der Waals surface area (Å²) in [5, 5.41) is 9.13. The van der Waals surface area contributed by atoms with Crippen molar-refractivity contribution in [3.63, 3.8) is 0 Å². The van der Waals surface area contributed by atoms with Gasteiger partial charge in [-0.1, -0.05) is 6.92 Å². The molecule has 0 fully saturated rings. The molecule has 1 aliphatic heterocycles. The van der Waals surface area contributed by atoms with Crippen molar-refractivity contribution in [3.8, 4) is 0 Å². The van der Waals surface area contributed by atoms with Crippen molar-refractivity contribution in [2.75, 3.05) is 13.6 Å².